The highest BCUT2D eigenvalue weighted by atomic mass is 79.9. The second-order valence-corrected chi connectivity index (χ2v) is 9.24. The van der Waals surface area contributed by atoms with Gasteiger partial charge in [0.15, 0.2) is 17.3 Å². The summed E-state index contributed by atoms with van der Waals surface area (Å²) in [5, 5.41) is 1.78. The second kappa shape index (κ2) is 6.47. The highest BCUT2D eigenvalue weighted by Crippen LogP contribution is 2.36. The Morgan fingerprint density at radius 3 is 2.52 bits per heavy atom. The van der Waals surface area contributed by atoms with Crippen molar-refractivity contribution in [3.8, 4) is 10.6 Å². The average molecular weight is 470 g/mol. The molecule has 4 rings (SSSR count). The Labute approximate surface area is 165 Å². The molecule has 3 heterocycles. The van der Waals surface area contributed by atoms with E-state index < -0.39 is 21.7 Å². The maximum Gasteiger partial charge on any atom is 0.269 e. The number of rotatable bonds is 3. The SMILES string of the molecule is Cc1ccc(S(=O)(=O)n2cc(-c3nc(Br)cs3)c3c(F)c(F)cnc32)cc1. The van der Waals surface area contributed by atoms with Crippen molar-refractivity contribution in [2.75, 3.05) is 0 Å². The molecule has 0 amide bonds. The number of aromatic nitrogens is 3. The van der Waals surface area contributed by atoms with Gasteiger partial charge in [-0.25, -0.2) is 31.1 Å². The van der Waals surface area contributed by atoms with Gasteiger partial charge in [0, 0.05) is 17.1 Å². The average Bonchev–Trinajstić information content (AvgIpc) is 3.23. The lowest BCUT2D eigenvalue weighted by Gasteiger charge is -2.07. The van der Waals surface area contributed by atoms with Crippen molar-refractivity contribution in [3.63, 3.8) is 0 Å². The minimum atomic E-state index is -4.06. The number of hydrogen-bond acceptors (Lipinski definition) is 5. The monoisotopic (exact) mass is 469 g/mol. The minimum Gasteiger partial charge on any atom is -0.234 e. The molecular formula is C17H10BrF2N3O2S2. The fourth-order valence-electron chi connectivity index (χ4n) is 2.65. The Morgan fingerprint density at radius 1 is 1.19 bits per heavy atom. The summed E-state index contributed by atoms with van der Waals surface area (Å²) < 4.78 is 55.9. The molecule has 0 N–H and O–H groups in total. The Kier molecular flexibility index (Phi) is 4.36. The van der Waals surface area contributed by atoms with Gasteiger partial charge < -0.3 is 0 Å². The molecule has 0 spiro atoms. The van der Waals surface area contributed by atoms with Crippen LogP contribution in [0.1, 0.15) is 5.56 Å². The summed E-state index contributed by atoms with van der Waals surface area (Å²) >= 11 is 4.38. The van der Waals surface area contributed by atoms with Crippen molar-refractivity contribution in [3.05, 3.63) is 63.8 Å². The first-order valence-corrected chi connectivity index (χ1v) is 10.7. The minimum absolute atomic E-state index is 0.0170. The van der Waals surface area contributed by atoms with E-state index in [4.69, 9.17) is 0 Å². The van der Waals surface area contributed by atoms with Crippen LogP contribution in [-0.4, -0.2) is 22.4 Å². The molecule has 10 heteroatoms. The predicted octanol–water partition coefficient (Wildman–Crippen LogP) is 4.75. The smallest absolute Gasteiger partial charge is 0.234 e. The van der Waals surface area contributed by atoms with E-state index >= 15 is 0 Å². The molecule has 0 bridgehead atoms. The third-order valence-electron chi connectivity index (χ3n) is 3.96. The molecule has 3 aromatic heterocycles. The van der Waals surface area contributed by atoms with Gasteiger partial charge in [0.1, 0.15) is 9.61 Å². The number of thiazole rings is 1. The molecular weight excluding hydrogens is 460 g/mol. The quantitative estimate of drug-likeness (QED) is 0.434. The van der Waals surface area contributed by atoms with Gasteiger partial charge in [0.05, 0.1) is 16.5 Å². The van der Waals surface area contributed by atoms with E-state index in [9.17, 15) is 17.2 Å². The van der Waals surface area contributed by atoms with E-state index in [1.54, 1.807) is 17.5 Å². The van der Waals surface area contributed by atoms with Gasteiger partial charge in [-0.2, -0.15) is 0 Å². The first-order valence-electron chi connectivity index (χ1n) is 7.58. The Bertz CT molecular complexity index is 1280. The van der Waals surface area contributed by atoms with Gasteiger partial charge in [-0.3, -0.25) is 0 Å². The van der Waals surface area contributed by atoms with Gasteiger partial charge in [-0.1, -0.05) is 17.7 Å². The van der Waals surface area contributed by atoms with Crippen LogP contribution in [0, 0.1) is 18.6 Å². The normalized spacial score (nSPS) is 12.0. The van der Waals surface area contributed by atoms with Crippen molar-refractivity contribution in [2.24, 2.45) is 0 Å². The number of halogens is 3. The Morgan fingerprint density at radius 2 is 1.89 bits per heavy atom. The first kappa shape index (κ1) is 18.2. The summed E-state index contributed by atoms with van der Waals surface area (Å²) in [6.45, 7) is 1.83. The number of fused-ring (bicyclic) bond motifs is 1. The van der Waals surface area contributed by atoms with Crippen LogP contribution < -0.4 is 0 Å². The summed E-state index contributed by atoms with van der Waals surface area (Å²) in [6, 6.07) is 6.22. The van der Waals surface area contributed by atoms with Crippen molar-refractivity contribution in [2.45, 2.75) is 11.8 Å². The fourth-order valence-corrected chi connectivity index (χ4v) is 5.24. The Balaban J connectivity index is 2.05. The highest BCUT2D eigenvalue weighted by molar-refractivity contribution is 9.10. The summed E-state index contributed by atoms with van der Waals surface area (Å²) in [7, 11) is -4.06. The van der Waals surface area contributed by atoms with E-state index in [-0.39, 0.29) is 21.5 Å². The van der Waals surface area contributed by atoms with Crippen molar-refractivity contribution < 1.29 is 17.2 Å². The lowest BCUT2D eigenvalue weighted by Crippen LogP contribution is -2.12. The molecule has 0 aliphatic carbocycles. The van der Waals surface area contributed by atoms with Crippen LogP contribution in [0.15, 0.2) is 51.5 Å². The number of benzene rings is 1. The molecule has 0 atom stereocenters. The Hall–Kier alpha value is -2.17. The molecule has 0 saturated heterocycles. The van der Waals surface area contributed by atoms with Crippen LogP contribution in [-0.2, 0) is 10.0 Å². The number of pyridine rings is 1. The lowest BCUT2D eigenvalue weighted by molar-refractivity contribution is 0.513. The molecule has 0 radical (unpaired) electrons. The standard InChI is InChI=1S/C17H10BrF2N3O2S2/c1-9-2-4-10(5-3-9)27(24,25)23-7-11(17-22-13(18)8-26-17)14-15(20)12(19)6-21-16(14)23/h2-8H,1H3. The summed E-state index contributed by atoms with van der Waals surface area (Å²) in [5.41, 5.74) is 0.850. The van der Waals surface area contributed by atoms with Gasteiger partial charge >= 0.3 is 0 Å². The van der Waals surface area contributed by atoms with Crippen LogP contribution in [0.4, 0.5) is 8.78 Å². The number of nitrogens with zero attached hydrogens (tertiary/aromatic N) is 3. The van der Waals surface area contributed by atoms with Gasteiger partial charge in [-0.15, -0.1) is 11.3 Å². The summed E-state index contributed by atoms with van der Waals surface area (Å²) in [6.07, 6.45) is 1.89. The lowest BCUT2D eigenvalue weighted by atomic mass is 10.2. The summed E-state index contributed by atoms with van der Waals surface area (Å²) in [5.74, 6) is -2.33. The third kappa shape index (κ3) is 2.97. The van der Waals surface area contributed by atoms with Crippen LogP contribution in [0.3, 0.4) is 0 Å². The molecule has 0 saturated carbocycles. The van der Waals surface area contributed by atoms with Gasteiger partial charge in [0.25, 0.3) is 10.0 Å². The number of hydrogen-bond donors (Lipinski definition) is 0. The molecule has 0 aliphatic heterocycles. The molecule has 5 nitrogen and oxygen atoms in total. The molecule has 0 fully saturated rings. The van der Waals surface area contributed by atoms with Crippen molar-refractivity contribution in [1.82, 2.24) is 13.9 Å². The van der Waals surface area contributed by atoms with E-state index in [0.717, 1.165) is 9.54 Å². The zero-order valence-electron chi connectivity index (χ0n) is 13.6. The van der Waals surface area contributed by atoms with E-state index in [1.165, 1.54) is 29.7 Å². The molecule has 4 aromatic rings. The third-order valence-corrected chi connectivity index (χ3v) is 7.21. The van der Waals surface area contributed by atoms with Crippen LogP contribution in [0.2, 0.25) is 0 Å². The zero-order chi connectivity index (χ0) is 19.3. The molecule has 27 heavy (non-hydrogen) atoms. The van der Waals surface area contributed by atoms with Crippen LogP contribution in [0.5, 0.6) is 0 Å². The highest BCUT2D eigenvalue weighted by Gasteiger charge is 2.27. The number of aryl methyl sites for hydroxylation is 1. The largest absolute Gasteiger partial charge is 0.269 e. The molecule has 0 aliphatic rings. The topological polar surface area (TPSA) is 64.8 Å². The molecule has 0 unspecified atom stereocenters. The van der Waals surface area contributed by atoms with Crippen LogP contribution in [0.25, 0.3) is 21.6 Å². The predicted molar refractivity (Wildman–Crippen MR) is 102 cm³/mol. The fraction of sp³-hybridized carbons (Fsp3) is 0.0588. The zero-order valence-corrected chi connectivity index (χ0v) is 16.9. The first-order chi connectivity index (χ1) is 12.8. The van der Waals surface area contributed by atoms with Gasteiger partial charge in [0.2, 0.25) is 0 Å². The van der Waals surface area contributed by atoms with Gasteiger partial charge in [-0.05, 0) is 35.0 Å². The molecule has 1 aromatic carbocycles. The second-order valence-electron chi connectivity index (χ2n) is 5.75. The maximum atomic E-state index is 14.6. The van der Waals surface area contributed by atoms with Crippen LogP contribution >= 0.6 is 27.3 Å². The van der Waals surface area contributed by atoms with E-state index in [2.05, 4.69) is 25.9 Å². The molecule has 138 valence electrons. The van der Waals surface area contributed by atoms with E-state index in [0.29, 0.717) is 15.8 Å². The van der Waals surface area contributed by atoms with Crippen molar-refractivity contribution in [1.29, 1.82) is 0 Å². The maximum absolute atomic E-state index is 14.6. The summed E-state index contributed by atoms with van der Waals surface area (Å²) in [4.78, 5) is 8.05. The van der Waals surface area contributed by atoms with E-state index in [1.807, 2.05) is 6.92 Å². The van der Waals surface area contributed by atoms with Crippen molar-refractivity contribution >= 4 is 48.3 Å².